The number of fused-ring (bicyclic) bond motifs is 2. The summed E-state index contributed by atoms with van der Waals surface area (Å²) in [4.78, 5) is 38.0. The van der Waals surface area contributed by atoms with Crippen LogP contribution in [0.5, 0.6) is 11.8 Å². The first kappa shape index (κ1) is 51.7. The van der Waals surface area contributed by atoms with Crippen LogP contribution in [0.15, 0.2) is 151 Å². The average Bonchev–Trinajstić information content (AvgIpc) is 4.21. The second-order valence-electron chi connectivity index (χ2n) is 20.2. The minimum atomic E-state index is -0.392. The molecule has 0 spiro atoms. The van der Waals surface area contributed by atoms with Crippen molar-refractivity contribution < 1.29 is 9.47 Å². The lowest BCUT2D eigenvalue weighted by molar-refractivity contribution is 0.0931. The molecule has 0 aliphatic carbocycles. The predicted molar refractivity (Wildman–Crippen MR) is 306 cm³/mol. The molecule has 18 nitrogen and oxygen atoms in total. The number of piperidine rings is 2. The Morgan fingerprint density at radius 1 is 0.696 bits per heavy atom. The minimum Gasteiger partial charge on any atom is -0.474 e. The molecule has 18 heteroatoms. The third-order valence-corrected chi connectivity index (χ3v) is 14.8. The zero-order valence-electron chi connectivity index (χ0n) is 44.4. The first-order valence-corrected chi connectivity index (χ1v) is 26.9. The van der Waals surface area contributed by atoms with Crippen molar-refractivity contribution in [2.45, 2.75) is 76.9 Å². The lowest BCUT2D eigenvalue weighted by Crippen LogP contribution is -2.42. The molecule has 11 rings (SSSR count). The van der Waals surface area contributed by atoms with Crippen molar-refractivity contribution in [3.8, 4) is 52.4 Å². The van der Waals surface area contributed by atoms with Gasteiger partial charge in [0.2, 0.25) is 11.8 Å². The van der Waals surface area contributed by atoms with E-state index in [9.17, 15) is 10.5 Å². The summed E-state index contributed by atoms with van der Waals surface area (Å²) >= 11 is 0. The average molecular weight is 1050 g/mol. The number of unbranched alkanes of at least 4 members (excludes halogenated alkanes) is 1. The van der Waals surface area contributed by atoms with Crippen molar-refractivity contribution in [1.29, 1.82) is 10.5 Å². The van der Waals surface area contributed by atoms with Crippen LogP contribution >= 0.6 is 0 Å². The number of likely N-dealkylation sites (N-methyl/N-ethyl adjacent to an activating group) is 1. The van der Waals surface area contributed by atoms with Crippen LogP contribution in [0, 0.1) is 22.7 Å². The van der Waals surface area contributed by atoms with Crippen LogP contribution in [0.1, 0.15) is 67.8 Å². The van der Waals surface area contributed by atoms with E-state index in [4.69, 9.17) is 46.6 Å². The number of hydrogen-bond donors (Lipinski definition) is 3. The predicted octanol–water partition coefficient (Wildman–Crippen LogP) is 9.15. The zero-order chi connectivity index (χ0) is 54.4. The maximum Gasteiger partial charge on any atom is 0.214 e. The van der Waals surface area contributed by atoms with Crippen molar-refractivity contribution >= 4 is 34.2 Å². The van der Waals surface area contributed by atoms with E-state index in [1.54, 1.807) is 36.7 Å². The van der Waals surface area contributed by atoms with Crippen LogP contribution in [-0.4, -0.2) is 95.9 Å². The summed E-state index contributed by atoms with van der Waals surface area (Å²) in [7, 11) is 2.04. The Bertz CT molecular complexity index is 3620. The fraction of sp³-hybridized carbons (Fsp3) is 0.279. The molecule has 6 aromatic heterocycles. The van der Waals surface area contributed by atoms with Crippen LogP contribution in [-0.2, 0) is 13.1 Å². The Kier molecular flexibility index (Phi) is 15.1. The molecular formula is C61H62N16O2. The van der Waals surface area contributed by atoms with Crippen LogP contribution in [0.25, 0.3) is 39.6 Å². The SMILES string of the molecule is CCC/C=C\C(=C(N)N)C1N(C)c2ccc(-c3ccc(-c4nc5cccnc5n4-c4ccc(CN5CCC(Oc6cc(C#N)ccn6)CC5)cc4)c(N)n3)nc2N1c1ccc(CN2CCC(Oc3cccc(C#N)n3)CC2)cc1. The first-order valence-electron chi connectivity index (χ1n) is 26.9. The maximum absolute atomic E-state index is 9.27. The van der Waals surface area contributed by atoms with E-state index in [-0.39, 0.29) is 18.0 Å². The van der Waals surface area contributed by atoms with E-state index in [2.05, 4.69) is 109 Å². The number of nitrogen functional groups attached to an aromatic ring is 1. The Morgan fingerprint density at radius 2 is 1.37 bits per heavy atom. The van der Waals surface area contributed by atoms with Gasteiger partial charge in [0.25, 0.3) is 0 Å². The lowest BCUT2D eigenvalue weighted by atomic mass is 10.1. The Balaban J connectivity index is 0.823. The molecular weight excluding hydrogens is 989 g/mol. The Labute approximate surface area is 459 Å². The number of imidazole rings is 1. The normalized spacial score (nSPS) is 16.2. The number of nitrogens with two attached hydrogens (primary N) is 3. The highest BCUT2D eigenvalue weighted by Crippen LogP contribution is 2.46. The molecule has 0 saturated carbocycles. The smallest absolute Gasteiger partial charge is 0.214 e. The van der Waals surface area contributed by atoms with Gasteiger partial charge in [-0.2, -0.15) is 10.5 Å². The van der Waals surface area contributed by atoms with E-state index in [0.717, 1.165) is 112 Å². The number of nitriles is 2. The van der Waals surface area contributed by atoms with Gasteiger partial charge in [-0.25, -0.2) is 29.9 Å². The van der Waals surface area contributed by atoms with E-state index in [1.165, 1.54) is 11.1 Å². The van der Waals surface area contributed by atoms with Crippen molar-refractivity contribution in [3.05, 3.63) is 174 Å². The molecule has 1 atom stereocenters. The molecule has 0 radical (unpaired) electrons. The van der Waals surface area contributed by atoms with E-state index in [0.29, 0.717) is 57.3 Å². The zero-order valence-corrected chi connectivity index (χ0v) is 44.4. The number of rotatable bonds is 16. The minimum absolute atomic E-state index is 0.0436. The molecule has 0 amide bonds. The van der Waals surface area contributed by atoms with Gasteiger partial charge in [-0.15, -0.1) is 0 Å². The summed E-state index contributed by atoms with van der Waals surface area (Å²) < 4.78 is 14.3. The molecule has 2 aromatic carbocycles. The molecule has 2 fully saturated rings. The topological polar surface area (TPSA) is 239 Å². The number of pyridine rings is 5. The molecule has 3 aliphatic rings. The van der Waals surface area contributed by atoms with Gasteiger partial charge >= 0.3 is 0 Å². The number of nitrogens with zero attached hydrogens (tertiary/aromatic N) is 13. The summed E-state index contributed by atoms with van der Waals surface area (Å²) in [6, 6.07) is 41.8. The molecule has 79 heavy (non-hydrogen) atoms. The molecule has 0 bridgehead atoms. The third-order valence-electron chi connectivity index (χ3n) is 14.8. The lowest BCUT2D eigenvalue weighted by Gasteiger charge is -2.33. The van der Waals surface area contributed by atoms with Crippen LogP contribution in [0.2, 0.25) is 0 Å². The maximum atomic E-state index is 9.27. The first-order chi connectivity index (χ1) is 38.6. The van der Waals surface area contributed by atoms with Crippen molar-refractivity contribution in [2.75, 3.05) is 48.8 Å². The fourth-order valence-corrected chi connectivity index (χ4v) is 10.7. The van der Waals surface area contributed by atoms with Gasteiger partial charge in [-0.05, 0) is 116 Å². The second-order valence-corrected chi connectivity index (χ2v) is 20.2. The number of likely N-dealkylation sites (tertiary alicyclic amines) is 2. The van der Waals surface area contributed by atoms with E-state index >= 15 is 0 Å². The number of allylic oxidation sites excluding steroid dienone is 1. The number of aromatic nitrogens is 7. The number of ether oxygens (including phenoxy) is 2. The van der Waals surface area contributed by atoms with E-state index in [1.807, 2.05) is 54.1 Å². The molecule has 9 heterocycles. The van der Waals surface area contributed by atoms with Crippen molar-refractivity contribution in [3.63, 3.8) is 0 Å². The summed E-state index contributed by atoms with van der Waals surface area (Å²) in [5.41, 5.74) is 30.1. The quantitative estimate of drug-likeness (QED) is 0.0764. The third kappa shape index (κ3) is 11.2. The van der Waals surface area contributed by atoms with E-state index < -0.39 is 6.17 Å². The van der Waals surface area contributed by atoms with Gasteiger partial charge < -0.3 is 31.6 Å². The van der Waals surface area contributed by atoms with Crippen LogP contribution < -0.4 is 36.5 Å². The fourth-order valence-electron chi connectivity index (χ4n) is 10.7. The van der Waals surface area contributed by atoms with Crippen molar-refractivity contribution in [1.82, 2.24) is 44.3 Å². The van der Waals surface area contributed by atoms with Gasteiger partial charge in [0.1, 0.15) is 47.3 Å². The van der Waals surface area contributed by atoms with Gasteiger partial charge in [-0.3, -0.25) is 19.3 Å². The van der Waals surface area contributed by atoms with Gasteiger partial charge in [0.05, 0.1) is 34.3 Å². The van der Waals surface area contributed by atoms with Crippen LogP contribution in [0.3, 0.4) is 0 Å². The molecule has 398 valence electrons. The van der Waals surface area contributed by atoms with Crippen molar-refractivity contribution in [2.24, 2.45) is 11.5 Å². The summed E-state index contributed by atoms with van der Waals surface area (Å²) in [6.45, 7) is 7.26. The highest BCUT2D eigenvalue weighted by molar-refractivity contribution is 5.86. The summed E-state index contributed by atoms with van der Waals surface area (Å²) in [6.07, 6.45) is 12.6. The van der Waals surface area contributed by atoms with Gasteiger partial charge in [0.15, 0.2) is 17.3 Å². The summed E-state index contributed by atoms with van der Waals surface area (Å²) in [5, 5.41) is 18.5. The number of benzene rings is 2. The van der Waals surface area contributed by atoms with Crippen LogP contribution in [0.4, 0.5) is 23.0 Å². The Morgan fingerprint density at radius 3 is 2.03 bits per heavy atom. The summed E-state index contributed by atoms with van der Waals surface area (Å²) in [5.74, 6) is 2.89. The molecule has 8 aromatic rings. The standard InChI is InChI=1S/C61H62N16O2/c1-3-4-5-9-48(56(64)65)61-73(2)53-23-22-51(71-60(53)77(61)45-18-14-41(15-19-45)39-74-31-25-46(26-32-74)78-54-11-6-8-43(37-63)69-54)50-21-20-49(57(66)70-50)58-72-52-10-7-29-68-59(52)76(58)44-16-12-40(13-17-44)38-75-33-27-47(28-34-75)79-55-35-42(36-62)24-30-67-55/h5-24,29-30,35,46-47,61H,3-4,25-28,31-34,38-39,64-65H2,1-2H3,(H2,66,70)/b9-5-. The second kappa shape index (κ2) is 23.1. The molecule has 6 N–H and O–H groups in total. The largest absolute Gasteiger partial charge is 0.474 e. The highest BCUT2D eigenvalue weighted by atomic mass is 16.5. The van der Waals surface area contributed by atoms with Gasteiger partial charge in [0, 0.05) is 87.8 Å². The Hall–Kier alpha value is -9.36. The molecule has 2 saturated heterocycles. The molecule has 1 unspecified atom stereocenters. The monoisotopic (exact) mass is 1050 g/mol. The van der Waals surface area contributed by atoms with Gasteiger partial charge in [-0.1, -0.05) is 55.8 Å². The highest BCUT2D eigenvalue weighted by Gasteiger charge is 2.39. The number of hydrogen-bond acceptors (Lipinski definition) is 17. The number of anilines is 4. The molecule has 3 aliphatic heterocycles.